The van der Waals surface area contributed by atoms with Gasteiger partial charge in [-0.05, 0) is 82.6 Å². The molecular formula is C40H28N2. The second-order valence-corrected chi connectivity index (χ2v) is 10.6. The standard InChI is InChI=1S/C40H28N2/c1-4-12-32(13-5-1)41(33-14-6-2-7-15-33)35-25-20-29(21-26-35)19-22-30-24-28-38-40-36(30)27-23-31-11-10-18-37(39(31)40)42(38)34-16-8-3-9-17-34/h1-28H/b22-19+. The molecule has 8 aromatic rings. The Kier molecular flexibility index (Phi) is 5.82. The first-order valence-corrected chi connectivity index (χ1v) is 14.4. The number of hydrogen-bond acceptors (Lipinski definition) is 1. The van der Waals surface area contributed by atoms with Crippen LogP contribution in [0.5, 0.6) is 0 Å². The van der Waals surface area contributed by atoms with E-state index >= 15 is 0 Å². The molecule has 198 valence electrons. The molecule has 0 atom stereocenters. The van der Waals surface area contributed by atoms with E-state index in [1.165, 1.54) is 49.4 Å². The monoisotopic (exact) mass is 536 g/mol. The molecule has 0 saturated heterocycles. The number of aromatic nitrogens is 1. The van der Waals surface area contributed by atoms with Crippen LogP contribution in [0.2, 0.25) is 0 Å². The molecule has 1 heterocycles. The molecular weight excluding hydrogens is 508 g/mol. The first kappa shape index (κ1) is 24.2. The number of anilines is 3. The van der Waals surface area contributed by atoms with Crippen LogP contribution in [0.4, 0.5) is 17.1 Å². The van der Waals surface area contributed by atoms with Crippen LogP contribution in [-0.4, -0.2) is 4.57 Å². The minimum absolute atomic E-state index is 1.13. The first-order valence-electron chi connectivity index (χ1n) is 14.4. The SMILES string of the molecule is C(=C\c1ccc2c3c1ccc1cccc(c13)n2-c1ccccc1)/c1ccc(N(c2ccccc2)c2ccccc2)cc1. The van der Waals surface area contributed by atoms with E-state index in [0.717, 1.165) is 17.1 Å². The third-order valence-electron chi connectivity index (χ3n) is 8.14. The summed E-state index contributed by atoms with van der Waals surface area (Å²) in [6.45, 7) is 0. The lowest BCUT2D eigenvalue weighted by Crippen LogP contribution is -2.09. The summed E-state index contributed by atoms with van der Waals surface area (Å²) < 4.78 is 2.39. The number of nitrogens with zero attached hydrogens (tertiary/aromatic N) is 2. The highest BCUT2D eigenvalue weighted by Crippen LogP contribution is 2.40. The zero-order valence-corrected chi connectivity index (χ0v) is 23.1. The topological polar surface area (TPSA) is 8.17 Å². The maximum atomic E-state index is 2.39. The van der Waals surface area contributed by atoms with Crippen molar-refractivity contribution in [1.29, 1.82) is 0 Å². The first-order chi connectivity index (χ1) is 20.8. The molecule has 7 aromatic carbocycles. The molecule has 0 fully saturated rings. The van der Waals surface area contributed by atoms with E-state index in [1.807, 2.05) is 0 Å². The highest BCUT2D eigenvalue weighted by Gasteiger charge is 2.17. The molecule has 42 heavy (non-hydrogen) atoms. The van der Waals surface area contributed by atoms with Crippen molar-refractivity contribution in [2.45, 2.75) is 0 Å². The molecule has 0 aliphatic carbocycles. The largest absolute Gasteiger partial charge is 0.311 e. The summed E-state index contributed by atoms with van der Waals surface area (Å²) in [5, 5.41) is 5.21. The van der Waals surface area contributed by atoms with E-state index in [2.05, 4.69) is 179 Å². The van der Waals surface area contributed by atoms with Crippen LogP contribution in [0.15, 0.2) is 158 Å². The predicted octanol–water partition coefficient (Wildman–Crippen LogP) is 11.0. The molecule has 0 aliphatic heterocycles. The molecule has 0 unspecified atom stereocenters. The Morgan fingerprint density at radius 2 is 1.05 bits per heavy atom. The normalized spacial score (nSPS) is 11.7. The molecule has 0 amide bonds. The maximum absolute atomic E-state index is 2.39. The fraction of sp³-hybridized carbons (Fsp3) is 0. The van der Waals surface area contributed by atoms with Crippen molar-refractivity contribution in [3.63, 3.8) is 0 Å². The van der Waals surface area contributed by atoms with Crippen molar-refractivity contribution in [1.82, 2.24) is 4.57 Å². The Morgan fingerprint density at radius 1 is 0.429 bits per heavy atom. The van der Waals surface area contributed by atoms with Gasteiger partial charge in [0.1, 0.15) is 0 Å². The van der Waals surface area contributed by atoms with E-state index in [1.54, 1.807) is 0 Å². The Labute approximate surface area is 245 Å². The lowest BCUT2D eigenvalue weighted by molar-refractivity contribution is 1.18. The molecule has 8 rings (SSSR count). The average Bonchev–Trinajstić information content (AvgIpc) is 3.41. The van der Waals surface area contributed by atoms with Crippen molar-refractivity contribution in [3.8, 4) is 5.69 Å². The van der Waals surface area contributed by atoms with E-state index < -0.39 is 0 Å². The fourth-order valence-electron chi connectivity index (χ4n) is 6.23. The second kappa shape index (κ2) is 10.1. The number of hydrogen-bond donors (Lipinski definition) is 0. The van der Waals surface area contributed by atoms with Gasteiger partial charge in [-0.3, -0.25) is 0 Å². The summed E-state index contributed by atoms with van der Waals surface area (Å²) >= 11 is 0. The highest BCUT2D eigenvalue weighted by molar-refractivity contribution is 6.25. The molecule has 2 heteroatoms. The molecule has 0 aliphatic rings. The Bertz CT molecular complexity index is 2120. The Balaban J connectivity index is 1.18. The van der Waals surface area contributed by atoms with Gasteiger partial charge in [-0.15, -0.1) is 0 Å². The van der Waals surface area contributed by atoms with Gasteiger partial charge in [-0.2, -0.15) is 0 Å². The van der Waals surface area contributed by atoms with Crippen LogP contribution in [0.3, 0.4) is 0 Å². The molecule has 2 nitrogen and oxygen atoms in total. The molecule has 0 radical (unpaired) electrons. The van der Waals surface area contributed by atoms with E-state index in [4.69, 9.17) is 0 Å². The predicted molar refractivity (Wildman–Crippen MR) is 180 cm³/mol. The molecule has 0 spiro atoms. The van der Waals surface area contributed by atoms with Gasteiger partial charge in [0.2, 0.25) is 0 Å². The zero-order chi connectivity index (χ0) is 27.9. The van der Waals surface area contributed by atoms with Crippen LogP contribution in [0.25, 0.3) is 50.4 Å². The Morgan fingerprint density at radius 3 is 1.74 bits per heavy atom. The van der Waals surface area contributed by atoms with Crippen molar-refractivity contribution >= 4 is 61.8 Å². The van der Waals surface area contributed by atoms with Gasteiger partial charge < -0.3 is 9.47 Å². The summed E-state index contributed by atoms with van der Waals surface area (Å²) in [5.74, 6) is 0. The van der Waals surface area contributed by atoms with Crippen LogP contribution in [0.1, 0.15) is 11.1 Å². The van der Waals surface area contributed by atoms with E-state index in [9.17, 15) is 0 Å². The quantitative estimate of drug-likeness (QED) is 0.152. The maximum Gasteiger partial charge on any atom is 0.0547 e. The summed E-state index contributed by atoms with van der Waals surface area (Å²) in [7, 11) is 0. The zero-order valence-electron chi connectivity index (χ0n) is 23.1. The number of para-hydroxylation sites is 3. The minimum Gasteiger partial charge on any atom is -0.311 e. The molecule has 1 aromatic heterocycles. The summed E-state index contributed by atoms with van der Waals surface area (Å²) in [5.41, 5.74) is 9.47. The van der Waals surface area contributed by atoms with Gasteiger partial charge >= 0.3 is 0 Å². The second-order valence-electron chi connectivity index (χ2n) is 10.6. The minimum atomic E-state index is 1.13. The van der Waals surface area contributed by atoms with Crippen LogP contribution in [-0.2, 0) is 0 Å². The van der Waals surface area contributed by atoms with Gasteiger partial charge in [0.15, 0.2) is 0 Å². The van der Waals surface area contributed by atoms with Gasteiger partial charge in [0, 0.05) is 33.5 Å². The van der Waals surface area contributed by atoms with Crippen molar-refractivity contribution in [2.75, 3.05) is 4.90 Å². The van der Waals surface area contributed by atoms with Gasteiger partial charge in [-0.25, -0.2) is 0 Å². The molecule has 0 N–H and O–H groups in total. The van der Waals surface area contributed by atoms with Gasteiger partial charge in [0.05, 0.1) is 11.0 Å². The van der Waals surface area contributed by atoms with Crippen LogP contribution >= 0.6 is 0 Å². The average molecular weight is 537 g/mol. The molecule has 0 saturated carbocycles. The fourth-order valence-corrected chi connectivity index (χ4v) is 6.23. The van der Waals surface area contributed by atoms with E-state index in [-0.39, 0.29) is 0 Å². The number of benzene rings is 7. The van der Waals surface area contributed by atoms with Gasteiger partial charge in [0.25, 0.3) is 0 Å². The summed E-state index contributed by atoms with van der Waals surface area (Å²) in [6, 6.07) is 56.2. The van der Waals surface area contributed by atoms with E-state index in [0.29, 0.717) is 0 Å². The third-order valence-corrected chi connectivity index (χ3v) is 8.14. The van der Waals surface area contributed by atoms with Crippen molar-refractivity contribution in [3.05, 3.63) is 169 Å². The van der Waals surface area contributed by atoms with Crippen molar-refractivity contribution < 1.29 is 0 Å². The lowest BCUT2D eigenvalue weighted by atomic mass is 9.98. The molecule has 0 bridgehead atoms. The highest BCUT2D eigenvalue weighted by atomic mass is 15.1. The van der Waals surface area contributed by atoms with Crippen LogP contribution < -0.4 is 4.90 Å². The lowest BCUT2D eigenvalue weighted by Gasteiger charge is -2.25. The third kappa shape index (κ3) is 4.05. The number of rotatable bonds is 6. The smallest absolute Gasteiger partial charge is 0.0547 e. The van der Waals surface area contributed by atoms with Crippen LogP contribution in [0, 0.1) is 0 Å². The summed E-state index contributed by atoms with van der Waals surface area (Å²) in [4.78, 5) is 2.29. The van der Waals surface area contributed by atoms with Crippen molar-refractivity contribution in [2.24, 2.45) is 0 Å². The van der Waals surface area contributed by atoms with Gasteiger partial charge in [-0.1, -0.05) is 109 Å². The Hall–Kier alpha value is -5.60. The summed E-state index contributed by atoms with van der Waals surface area (Å²) in [6.07, 6.45) is 4.47.